The molecule has 0 saturated heterocycles. The molecule has 0 aromatic heterocycles. The van der Waals surface area contributed by atoms with Crippen molar-refractivity contribution in [3.8, 4) is 0 Å². The topological polar surface area (TPSA) is 24.4 Å². The zero-order valence-corrected chi connectivity index (χ0v) is 10.0. The van der Waals surface area contributed by atoms with Gasteiger partial charge in [-0.05, 0) is 40.5 Å². The smallest absolute Gasteiger partial charge is 0.0671 e. The van der Waals surface area contributed by atoms with Gasteiger partial charge in [-0.2, -0.15) is 0 Å². The van der Waals surface area contributed by atoms with Crippen molar-refractivity contribution in [3.05, 3.63) is 22.9 Å². The summed E-state index contributed by atoms with van der Waals surface area (Å²) < 4.78 is 0. The van der Waals surface area contributed by atoms with E-state index in [1.54, 1.807) is 10.8 Å². The Morgan fingerprint density at radius 2 is 2.38 bits per heavy atom. The highest BCUT2D eigenvalue weighted by molar-refractivity contribution is 9.06. The van der Waals surface area contributed by atoms with Crippen LogP contribution in [0.3, 0.4) is 0 Å². The highest BCUT2D eigenvalue weighted by Gasteiger charge is 2.00. The molecular formula is C8H12N2S3. The van der Waals surface area contributed by atoms with Gasteiger partial charge in [-0.15, -0.1) is 0 Å². The van der Waals surface area contributed by atoms with Gasteiger partial charge in [0.15, 0.2) is 0 Å². The van der Waals surface area contributed by atoms with E-state index in [2.05, 4.69) is 35.0 Å². The van der Waals surface area contributed by atoms with Crippen LogP contribution in [0.1, 0.15) is 13.8 Å². The lowest BCUT2D eigenvalue weighted by molar-refractivity contribution is 0.891. The van der Waals surface area contributed by atoms with Crippen LogP contribution >= 0.6 is 32.3 Å². The first-order valence-electron chi connectivity index (χ1n) is 3.89. The quantitative estimate of drug-likeness (QED) is 0.565. The number of thiol groups is 1. The summed E-state index contributed by atoms with van der Waals surface area (Å²) in [5.74, 6) is 0. The van der Waals surface area contributed by atoms with Gasteiger partial charge in [-0.25, -0.2) is 0 Å². The lowest BCUT2D eigenvalue weighted by atomic mass is 10.3. The molecule has 72 valence electrons. The Morgan fingerprint density at radius 1 is 1.62 bits per heavy atom. The van der Waals surface area contributed by atoms with Gasteiger partial charge in [0.05, 0.1) is 10.9 Å². The van der Waals surface area contributed by atoms with E-state index in [0.717, 1.165) is 10.6 Å². The molecule has 0 aromatic rings. The van der Waals surface area contributed by atoms with Crippen LogP contribution in [0, 0.1) is 0 Å². The first-order valence-corrected chi connectivity index (χ1v) is 7.09. The fourth-order valence-corrected chi connectivity index (χ4v) is 2.56. The van der Waals surface area contributed by atoms with Crippen molar-refractivity contribution in [2.24, 2.45) is 4.99 Å². The molecule has 0 saturated carbocycles. The summed E-state index contributed by atoms with van der Waals surface area (Å²) in [5, 5.41) is 3.19. The predicted octanol–water partition coefficient (Wildman–Crippen LogP) is 3.02. The molecule has 1 rings (SSSR count). The lowest BCUT2D eigenvalue weighted by Crippen LogP contribution is -2.08. The van der Waals surface area contributed by atoms with Gasteiger partial charge in [0.2, 0.25) is 0 Å². The van der Waals surface area contributed by atoms with Gasteiger partial charge in [0.25, 0.3) is 0 Å². The molecule has 0 radical (unpaired) electrons. The molecule has 2 nitrogen and oxygen atoms in total. The molecule has 0 amide bonds. The van der Waals surface area contributed by atoms with E-state index in [0.29, 0.717) is 0 Å². The Bertz CT molecular complexity index is 258. The Kier molecular flexibility index (Phi) is 4.83. The van der Waals surface area contributed by atoms with Gasteiger partial charge in [-0.1, -0.05) is 11.7 Å². The molecule has 1 heterocycles. The van der Waals surface area contributed by atoms with Crippen LogP contribution < -0.4 is 5.32 Å². The van der Waals surface area contributed by atoms with Crippen molar-refractivity contribution in [3.63, 3.8) is 0 Å². The van der Waals surface area contributed by atoms with E-state index in [-0.39, 0.29) is 6.04 Å². The highest BCUT2D eigenvalue weighted by atomic mass is 33.5. The zero-order valence-electron chi connectivity index (χ0n) is 7.52. The van der Waals surface area contributed by atoms with Crippen LogP contribution in [-0.4, -0.2) is 12.3 Å². The first-order chi connectivity index (χ1) is 6.22. The summed E-state index contributed by atoms with van der Waals surface area (Å²) in [7, 11) is 3.00. The third kappa shape index (κ3) is 4.15. The minimum absolute atomic E-state index is 0.238. The number of aliphatic imine (C=N–C) groups is 1. The SMILES string of the molecule is C/C1=C\C(C)N=C/C(SSS)=C\N1. The van der Waals surface area contributed by atoms with Crippen molar-refractivity contribution >= 4 is 38.5 Å². The highest BCUT2D eigenvalue weighted by Crippen LogP contribution is 2.31. The molecule has 1 unspecified atom stereocenters. The van der Waals surface area contributed by atoms with Gasteiger partial charge in [-0.3, -0.25) is 4.99 Å². The van der Waals surface area contributed by atoms with Gasteiger partial charge < -0.3 is 5.32 Å². The molecule has 1 aliphatic rings. The number of nitrogens with one attached hydrogen (secondary N) is 1. The number of nitrogens with zero attached hydrogens (tertiary/aromatic N) is 1. The third-order valence-electron chi connectivity index (χ3n) is 1.50. The summed E-state index contributed by atoms with van der Waals surface area (Å²) in [6.45, 7) is 4.09. The molecule has 13 heavy (non-hydrogen) atoms. The summed E-state index contributed by atoms with van der Waals surface area (Å²) in [6, 6.07) is 0.238. The normalized spacial score (nSPS) is 30.5. The Labute approximate surface area is 91.6 Å². The number of hydrogen-bond donors (Lipinski definition) is 2. The van der Waals surface area contributed by atoms with Crippen molar-refractivity contribution in [2.45, 2.75) is 19.9 Å². The summed E-state index contributed by atoms with van der Waals surface area (Å²) >= 11 is 4.07. The maximum atomic E-state index is 4.36. The molecule has 5 heteroatoms. The number of hydrogen-bond acceptors (Lipinski definition) is 5. The third-order valence-corrected chi connectivity index (χ3v) is 3.47. The molecule has 0 bridgehead atoms. The minimum Gasteiger partial charge on any atom is -0.364 e. The average Bonchev–Trinajstić information content (AvgIpc) is 2.07. The fourth-order valence-electron chi connectivity index (χ4n) is 0.955. The van der Waals surface area contributed by atoms with E-state index in [1.165, 1.54) is 9.83 Å². The minimum atomic E-state index is 0.238. The zero-order chi connectivity index (χ0) is 9.68. The first kappa shape index (κ1) is 11.1. The fraction of sp³-hybridized carbons (Fsp3) is 0.375. The summed E-state index contributed by atoms with van der Waals surface area (Å²) in [4.78, 5) is 5.44. The molecular weight excluding hydrogens is 220 g/mol. The van der Waals surface area contributed by atoms with Crippen LogP contribution in [0.15, 0.2) is 27.9 Å². The van der Waals surface area contributed by atoms with E-state index in [4.69, 9.17) is 0 Å². The number of rotatable bonds is 2. The van der Waals surface area contributed by atoms with Crippen molar-refractivity contribution in [1.29, 1.82) is 0 Å². The molecule has 0 spiro atoms. The average molecular weight is 232 g/mol. The van der Waals surface area contributed by atoms with Crippen molar-refractivity contribution < 1.29 is 0 Å². The Balaban J connectivity index is 2.73. The maximum absolute atomic E-state index is 4.36. The van der Waals surface area contributed by atoms with E-state index >= 15 is 0 Å². The second-order valence-electron chi connectivity index (χ2n) is 2.72. The second kappa shape index (κ2) is 5.67. The Morgan fingerprint density at radius 3 is 3.08 bits per heavy atom. The Hall–Kier alpha value is -0.000000000000000167. The largest absolute Gasteiger partial charge is 0.364 e. The predicted molar refractivity (Wildman–Crippen MR) is 67.1 cm³/mol. The van der Waals surface area contributed by atoms with Crippen molar-refractivity contribution in [2.75, 3.05) is 0 Å². The molecule has 0 aromatic carbocycles. The monoisotopic (exact) mass is 232 g/mol. The van der Waals surface area contributed by atoms with Crippen LogP contribution in [0.4, 0.5) is 0 Å². The van der Waals surface area contributed by atoms with E-state index in [9.17, 15) is 0 Å². The van der Waals surface area contributed by atoms with Gasteiger partial charge in [0, 0.05) is 18.1 Å². The lowest BCUT2D eigenvalue weighted by Gasteiger charge is -2.09. The van der Waals surface area contributed by atoms with E-state index in [1.807, 2.05) is 19.3 Å². The molecule has 0 fully saturated rings. The van der Waals surface area contributed by atoms with Crippen LogP contribution in [0.5, 0.6) is 0 Å². The van der Waals surface area contributed by atoms with Crippen LogP contribution in [0.2, 0.25) is 0 Å². The van der Waals surface area contributed by atoms with Crippen LogP contribution in [-0.2, 0) is 0 Å². The van der Waals surface area contributed by atoms with Gasteiger partial charge >= 0.3 is 0 Å². The maximum Gasteiger partial charge on any atom is 0.0671 e. The van der Waals surface area contributed by atoms with Crippen molar-refractivity contribution in [1.82, 2.24) is 5.32 Å². The standard InChI is InChI=1S/C8H12N2S3/c1-6-3-7(2)10-5-8(4-9-6)12-13-11/h3-6,10-11H,1-2H3/b7-3+,8-5+,9-4?. The van der Waals surface area contributed by atoms with Gasteiger partial charge in [0.1, 0.15) is 0 Å². The molecule has 1 N–H and O–H groups in total. The van der Waals surface area contributed by atoms with Crippen LogP contribution in [0.25, 0.3) is 0 Å². The molecule has 1 atom stereocenters. The number of allylic oxidation sites excluding steroid dienone is 2. The summed E-state index contributed by atoms with van der Waals surface area (Å²) in [5.41, 5.74) is 1.13. The molecule has 0 aliphatic carbocycles. The summed E-state index contributed by atoms with van der Waals surface area (Å²) in [6.07, 6.45) is 5.89. The second-order valence-corrected chi connectivity index (χ2v) is 5.79. The van der Waals surface area contributed by atoms with E-state index < -0.39 is 0 Å². The molecule has 1 aliphatic heterocycles.